The summed E-state index contributed by atoms with van der Waals surface area (Å²) >= 11 is 0. The van der Waals surface area contributed by atoms with Crippen LogP contribution < -0.4 is 10.6 Å². The highest BCUT2D eigenvalue weighted by molar-refractivity contribution is 5.91. The minimum Gasteiger partial charge on any atom is -0.366 e. The summed E-state index contributed by atoms with van der Waals surface area (Å²) in [5, 5.41) is 4.34. The van der Waals surface area contributed by atoms with Gasteiger partial charge in [0, 0.05) is 42.8 Å². The van der Waals surface area contributed by atoms with Crippen molar-refractivity contribution < 1.29 is 13.6 Å². The second-order valence-electron chi connectivity index (χ2n) is 7.13. The van der Waals surface area contributed by atoms with Crippen LogP contribution >= 0.6 is 0 Å². The standard InChI is InChI=1S/C19H20F2N4O/c1-12(18(22)26)8-13-10-24(17-6-7-23-25(17)11-13)15-4-2-14(3-5-15)16-9-19(16,20)21/h2-7,13,16H,1,8-11H2,(H2,22,26). The molecule has 1 aliphatic heterocycles. The summed E-state index contributed by atoms with van der Waals surface area (Å²) in [6.07, 6.45) is 2.16. The Labute approximate surface area is 150 Å². The maximum atomic E-state index is 13.3. The molecule has 26 heavy (non-hydrogen) atoms. The molecule has 2 atom stereocenters. The molecule has 1 aliphatic carbocycles. The van der Waals surface area contributed by atoms with Gasteiger partial charge in [-0.15, -0.1) is 0 Å². The summed E-state index contributed by atoms with van der Waals surface area (Å²) in [6, 6.07) is 9.20. The highest BCUT2D eigenvalue weighted by Crippen LogP contribution is 2.55. The zero-order valence-electron chi connectivity index (χ0n) is 14.2. The van der Waals surface area contributed by atoms with Crippen molar-refractivity contribution in [1.82, 2.24) is 9.78 Å². The van der Waals surface area contributed by atoms with E-state index in [-0.39, 0.29) is 12.3 Å². The van der Waals surface area contributed by atoms with E-state index in [2.05, 4.69) is 16.6 Å². The number of primary amides is 1. The molecule has 2 heterocycles. The molecule has 0 bridgehead atoms. The number of fused-ring (bicyclic) bond motifs is 1. The molecule has 2 aliphatic rings. The van der Waals surface area contributed by atoms with Crippen LogP contribution in [0.15, 0.2) is 48.7 Å². The molecule has 1 saturated carbocycles. The summed E-state index contributed by atoms with van der Waals surface area (Å²) in [6.45, 7) is 5.10. The number of halogens is 2. The fourth-order valence-electron chi connectivity index (χ4n) is 3.63. The Morgan fingerprint density at radius 2 is 1.96 bits per heavy atom. The lowest BCUT2D eigenvalue weighted by atomic mass is 9.97. The molecule has 0 spiro atoms. The van der Waals surface area contributed by atoms with Crippen LogP contribution in [0.2, 0.25) is 0 Å². The Morgan fingerprint density at radius 3 is 2.58 bits per heavy atom. The minimum absolute atomic E-state index is 0.0693. The quantitative estimate of drug-likeness (QED) is 0.835. The van der Waals surface area contributed by atoms with Crippen LogP contribution in [-0.4, -0.2) is 28.2 Å². The van der Waals surface area contributed by atoms with Gasteiger partial charge in [-0.05, 0) is 24.1 Å². The second kappa shape index (κ2) is 5.93. The number of anilines is 2. The molecule has 1 aromatic carbocycles. The van der Waals surface area contributed by atoms with Gasteiger partial charge in [0.2, 0.25) is 5.91 Å². The fourth-order valence-corrected chi connectivity index (χ4v) is 3.63. The first-order chi connectivity index (χ1) is 12.3. The van der Waals surface area contributed by atoms with E-state index in [4.69, 9.17) is 5.73 Å². The van der Waals surface area contributed by atoms with Crippen molar-refractivity contribution in [3.63, 3.8) is 0 Å². The molecule has 1 aromatic heterocycles. The molecule has 136 valence electrons. The average Bonchev–Trinajstić information content (AvgIpc) is 3.02. The topological polar surface area (TPSA) is 64.2 Å². The van der Waals surface area contributed by atoms with Crippen molar-refractivity contribution in [2.24, 2.45) is 11.7 Å². The number of rotatable bonds is 5. The van der Waals surface area contributed by atoms with E-state index < -0.39 is 17.7 Å². The summed E-state index contributed by atoms with van der Waals surface area (Å²) in [7, 11) is 0. The van der Waals surface area contributed by atoms with Crippen molar-refractivity contribution in [3.8, 4) is 0 Å². The lowest BCUT2D eigenvalue weighted by Gasteiger charge is -2.35. The Balaban J connectivity index is 1.57. The Kier molecular flexibility index (Phi) is 3.82. The van der Waals surface area contributed by atoms with Crippen LogP contribution in [0, 0.1) is 5.92 Å². The third-order valence-corrected chi connectivity index (χ3v) is 5.16. The first-order valence-corrected chi connectivity index (χ1v) is 8.60. The molecular formula is C19H20F2N4O. The maximum absolute atomic E-state index is 13.3. The minimum atomic E-state index is -2.56. The molecule has 0 radical (unpaired) electrons. The van der Waals surface area contributed by atoms with Gasteiger partial charge in [0.05, 0.1) is 12.1 Å². The van der Waals surface area contributed by atoms with Gasteiger partial charge >= 0.3 is 0 Å². The number of benzene rings is 1. The number of hydrogen-bond donors (Lipinski definition) is 1. The number of carbonyl (C=O) groups is 1. The zero-order chi connectivity index (χ0) is 18.5. The Hall–Kier alpha value is -2.70. The van der Waals surface area contributed by atoms with E-state index in [1.165, 1.54) is 0 Å². The molecule has 2 N–H and O–H groups in total. The van der Waals surface area contributed by atoms with Gasteiger partial charge in [0.15, 0.2) is 0 Å². The van der Waals surface area contributed by atoms with Crippen molar-refractivity contribution in [2.75, 3.05) is 11.4 Å². The monoisotopic (exact) mass is 358 g/mol. The predicted octanol–water partition coefficient (Wildman–Crippen LogP) is 3.21. The first kappa shape index (κ1) is 16.8. The van der Waals surface area contributed by atoms with Crippen LogP contribution in [0.1, 0.15) is 24.3 Å². The van der Waals surface area contributed by atoms with Gasteiger partial charge in [-0.1, -0.05) is 18.7 Å². The molecule has 1 fully saturated rings. The smallest absolute Gasteiger partial charge is 0.255 e. The van der Waals surface area contributed by atoms with E-state index in [1.807, 2.05) is 22.9 Å². The third-order valence-electron chi connectivity index (χ3n) is 5.16. The molecule has 7 heteroatoms. The largest absolute Gasteiger partial charge is 0.366 e. The van der Waals surface area contributed by atoms with Crippen molar-refractivity contribution in [1.29, 1.82) is 0 Å². The van der Waals surface area contributed by atoms with Gasteiger partial charge in [-0.2, -0.15) is 5.10 Å². The first-order valence-electron chi connectivity index (χ1n) is 8.60. The van der Waals surface area contributed by atoms with E-state index in [9.17, 15) is 13.6 Å². The highest BCUT2D eigenvalue weighted by Gasteiger charge is 2.57. The van der Waals surface area contributed by atoms with Crippen LogP contribution in [-0.2, 0) is 11.3 Å². The number of nitrogens with zero attached hydrogens (tertiary/aromatic N) is 3. The van der Waals surface area contributed by atoms with Gasteiger partial charge in [-0.25, -0.2) is 13.5 Å². The third kappa shape index (κ3) is 2.98. The lowest BCUT2D eigenvalue weighted by molar-refractivity contribution is -0.114. The summed E-state index contributed by atoms with van der Waals surface area (Å²) in [5.74, 6) is -2.64. The number of alkyl halides is 2. The molecule has 2 aromatic rings. The van der Waals surface area contributed by atoms with Gasteiger partial charge < -0.3 is 10.6 Å². The van der Waals surface area contributed by atoms with E-state index in [1.54, 1.807) is 18.3 Å². The zero-order valence-corrected chi connectivity index (χ0v) is 14.2. The lowest BCUT2D eigenvalue weighted by Crippen LogP contribution is -2.36. The van der Waals surface area contributed by atoms with Crippen LogP contribution in [0.3, 0.4) is 0 Å². The molecule has 1 amide bonds. The van der Waals surface area contributed by atoms with E-state index in [0.717, 1.165) is 11.5 Å². The summed E-state index contributed by atoms with van der Waals surface area (Å²) in [5.41, 5.74) is 7.29. The fraction of sp³-hybridized carbons (Fsp3) is 0.368. The number of aromatic nitrogens is 2. The number of hydrogen-bond acceptors (Lipinski definition) is 3. The number of carbonyl (C=O) groups excluding carboxylic acids is 1. The molecule has 4 rings (SSSR count). The summed E-state index contributed by atoms with van der Waals surface area (Å²) < 4.78 is 28.4. The van der Waals surface area contributed by atoms with Crippen LogP contribution in [0.25, 0.3) is 0 Å². The number of amides is 1. The Bertz CT molecular complexity index is 859. The average molecular weight is 358 g/mol. The molecule has 0 saturated heterocycles. The van der Waals surface area contributed by atoms with Gasteiger partial charge in [0.1, 0.15) is 5.82 Å². The second-order valence-corrected chi connectivity index (χ2v) is 7.13. The predicted molar refractivity (Wildman–Crippen MR) is 94.4 cm³/mol. The molecule has 2 unspecified atom stereocenters. The summed E-state index contributed by atoms with van der Waals surface area (Å²) in [4.78, 5) is 13.4. The van der Waals surface area contributed by atoms with E-state index in [0.29, 0.717) is 30.6 Å². The highest BCUT2D eigenvalue weighted by atomic mass is 19.3. The normalized spacial score (nSPS) is 23.4. The maximum Gasteiger partial charge on any atom is 0.255 e. The van der Waals surface area contributed by atoms with Crippen molar-refractivity contribution in [2.45, 2.75) is 31.2 Å². The number of nitrogens with two attached hydrogens (primary N) is 1. The SMILES string of the molecule is C=C(CC1CN(c2ccc(C3CC3(F)F)cc2)c2ccnn2C1)C(N)=O. The van der Waals surface area contributed by atoms with Crippen LogP contribution in [0.5, 0.6) is 0 Å². The van der Waals surface area contributed by atoms with Gasteiger partial charge in [0.25, 0.3) is 5.92 Å². The molecular weight excluding hydrogens is 338 g/mol. The Morgan fingerprint density at radius 1 is 1.27 bits per heavy atom. The van der Waals surface area contributed by atoms with E-state index >= 15 is 0 Å². The molecule has 5 nitrogen and oxygen atoms in total. The van der Waals surface area contributed by atoms with Gasteiger partial charge in [-0.3, -0.25) is 4.79 Å². The van der Waals surface area contributed by atoms with Crippen molar-refractivity contribution in [3.05, 3.63) is 54.2 Å². The van der Waals surface area contributed by atoms with Crippen molar-refractivity contribution >= 4 is 17.4 Å². The van der Waals surface area contributed by atoms with Crippen LogP contribution in [0.4, 0.5) is 20.3 Å².